The van der Waals surface area contributed by atoms with E-state index in [9.17, 15) is 23.2 Å². The number of ether oxygens (including phenoxy) is 3. The first kappa shape index (κ1) is 23.6. The Bertz CT molecular complexity index is 1160. The van der Waals surface area contributed by atoms with E-state index in [2.05, 4.69) is 5.32 Å². The third-order valence-corrected chi connectivity index (χ3v) is 5.83. The van der Waals surface area contributed by atoms with Crippen LogP contribution in [0.15, 0.2) is 41.3 Å². The molecule has 8 nitrogen and oxygen atoms in total. The molecule has 34 heavy (non-hydrogen) atoms. The summed E-state index contributed by atoms with van der Waals surface area (Å²) in [4.78, 5) is 38.2. The Morgan fingerprint density at radius 1 is 1.15 bits per heavy atom. The Kier molecular flexibility index (Phi) is 7.31. The van der Waals surface area contributed by atoms with Crippen molar-refractivity contribution < 1.29 is 37.4 Å². The molecule has 3 amide bonds. The van der Waals surface area contributed by atoms with Gasteiger partial charge in [0.1, 0.15) is 5.82 Å². The van der Waals surface area contributed by atoms with Crippen LogP contribution in [0.2, 0.25) is 0 Å². The number of nitrogens with zero attached hydrogens (tertiary/aromatic N) is 1. The maximum Gasteiger partial charge on any atom is 0.293 e. The first-order valence-electron chi connectivity index (χ1n) is 10.4. The Hall–Kier alpha value is -3.60. The highest BCUT2D eigenvalue weighted by atomic mass is 32.2. The molecule has 0 bridgehead atoms. The quantitative estimate of drug-likeness (QED) is 0.423. The van der Waals surface area contributed by atoms with Gasteiger partial charge in [0.05, 0.1) is 11.5 Å². The number of nitrogens with one attached hydrogen (secondary N) is 1. The van der Waals surface area contributed by atoms with E-state index in [1.165, 1.54) is 6.07 Å². The summed E-state index contributed by atoms with van der Waals surface area (Å²) in [5.41, 5.74) is 0.700. The van der Waals surface area contributed by atoms with E-state index in [0.717, 1.165) is 28.8 Å². The number of rotatable bonds is 9. The molecule has 0 unspecified atom stereocenters. The molecule has 1 fully saturated rings. The minimum absolute atomic E-state index is 0.0339. The average molecular weight is 490 g/mol. The fourth-order valence-corrected chi connectivity index (χ4v) is 4.11. The van der Waals surface area contributed by atoms with E-state index in [4.69, 9.17) is 14.2 Å². The van der Waals surface area contributed by atoms with Gasteiger partial charge >= 0.3 is 0 Å². The van der Waals surface area contributed by atoms with Crippen molar-refractivity contribution in [2.24, 2.45) is 0 Å². The van der Waals surface area contributed by atoms with Crippen molar-refractivity contribution in [2.75, 3.05) is 26.5 Å². The zero-order chi connectivity index (χ0) is 24.1. The number of thioether (sulfide) groups is 1. The molecule has 178 valence electrons. The molecule has 0 radical (unpaired) electrons. The van der Waals surface area contributed by atoms with E-state index in [-0.39, 0.29) is 49.5 Å². The molecule has 1 saturated heterocycles. The summed E-state index contributed by atoms with van der Waals surface area (Å²) < 4.78 is 42.1. The molecular formula is C23H20F2N2O6S. The zero-order valence-electron chi connectivity index (χ0n) is 17.8. The highest BCUT2D eigenvalue weighted by Crippen LogP contribution is 2.36. The van der Waals surface area contributed by atoms with Crippen LogP contribution >= 0.6 is 11.8 Å². The molecule has 0 aromatic heterocycles. The SMILES string of the molecule is O=C(CCCOc1ccc(F)cc1F)NCCN1C(=O)S/C(=C/c2ccc3c(c2)OCO3)C1=O. The lowest BCUT2D eigenvalue weighted by atomic mass is 10.2. The molecule has 0 aliphatic carbocycles. The lowest BCUT2D eigenvalue weighted by Crippen LogP contribution is -2.37. The van der Waals surface area contributed by atoms with Crippen LogP contribution < -0.4 is 19.5 Å². The summed E-state index contributed by atoms with van der Waals surface area (Å²) in [5.74, 6) is -1.14. The number of halogens is 2. The van der Waals surface area contributed by atoms with E-state index in [0.29, 0.717) is 23.5 Å². The molecule has 0 atom stereocenters. The van der Waals surface area contributed by atoms with Gasteiger partial charge in [-0.2, -0.15) is 0 Å². The average Bonchev–Trinajstić information content (AvgIpc) is 3.37. The smallest absolute Gasteiger partial charge is 0.293 e. The maximum atomic E-state index is 13.5. The molecular weight excluding hydrogens is 470 g/mol. The van der Waals surface area contributed by atoms with Crippen LogP contribution in [0.3, 0.4) is 0 Å². The lowest BCUT2D eigenvalue weighted by Gasteiger charge is -2.13. The molecule has 2 aliphatic rings. The van der Waals surface area contributed by atoms with Crippen LogP contribution in [0.1, 0.15) is 18.4 Å². The topological polar surface area (TPSA) is 94.2 Å². The van der Waals surface area contributed by atoms with E-state index >= 15 is 0 Å². The van der Waals surface area contributed by atoms with Crippen LogP contribution in [0.25, 0.3) is 6.08 Å². The Labute approximate surface area is 197 Å². The standard InChI is InChI=1S/C23H20F2N2O6S/c24-15-4-6-17(16(25)12-15)31-9-1-2-21(28)26-7-8-27-22(29)20(34-23(27)30)11-14-3-5-18-19(10-14)33-13-32-18/h3-6,10-12H,1-2,7-9,13H2,(H,26,28)/b20-11+. The van der Waals surface area contributed by atoms with Crippen LogP contribution in [0.5, 0.6) is 17.2 Å². The number of fused-ring (bicyclic) bond motifs is 1. The van der Waals surface area contributed by atoms with E-state index < -0.39 is 22.8 Å². The monoisotopic (exact) mass is 490 g/mol. The predicted molar refractivity (Wildman–Crippen MR) is 119 cm³/mol. The van der Waals surface area contributed by atoms with E-state index in [1.54, 1.807) is 24.3 Å². The van der Waals surface area contributed by atoms with Gasteiger partial charge in [-0.3, -0.25) is 19.3 Å². The van der Waals surface area contributed by atoms with Crippen molar-refractivity contribution in [1.29, 1.82) is 0 Å². The molecule has 1 N–H and O–H groups in total. The third-order valence-electron chi connectivity index (χ3n) is 4.93. The van der Waals surface area contributed by atoms with Crippen LogP contribution in [0.4, 0.5) is 13.6 Å². The van der Waals surface area contributed by atoms with Gasteiger partial charge < -0.3 is 19.5 Å². The van der Waals surface area contributed by atoms with Gasteiger partial charge in [-0.25, -0.2) is 8.78 Å². The number of hydrogen-bond donors (Lipinski definition) is 1. The summed E-state index contributed by atoms with van der Waals surface area (Å²) in [6.45, 7) is 0.346. The Morgan fingerprint density at radius 2 is 1.97 bits per heavy atom. The number of benzene rings is 2. The van der Waals surface area contributed by atoms with Gasteiger partial charge in [-0.05, 0) is 54.1 Å². The van der Waals surface area contributed by atoms with Crippen LogP contribution in [-0.4, -0.2) is 48.4 Å². The van der Waals surface area contributed by atoms with Gasteiger partial charge in [-0.1, -0.05) is 6.07 Å². The summed E-state index contributed by atoms with van der Waals surface area (Å²) in [6, 6.07) is 8.20. The molecule has 0 spiro atoms. The fourth-order valence-electron chi connectivity index (χ4n) is 3.25. The van der Waals surface area contributed by atoms with Crippen molar-refractivity contribution >= 4 is 34.9 Å². The van der Waals surface area contributed by atoms with Crippen molar-refractivity contribution in [1.82, 2.24) is 10.2 Å². The normalized spacial score (nSPS) is 15.8. The van der Waals surface area contributed by atoms with Gasteiger partial charge in [0, 0.05) is 25.6 Å². The summed E-state index contributed by atoms with van der Waals surface area (Å²) in [5, 5.41) is 2.22. The van der Waals surface area contributed by atoms with Gasteiger partial charge in [0.25, 0.3) is 11.1 Å². The predicted octanol–water partition coefficient (Wildman–Crippen LogP) is 3.71. The van der Waals surface area contributed by atoms with Crippen molar-refractivity contribution in [3.63, 3.8) is 0 Å². The first-order valence-corrected chi connectivity index (χ1v) is 11.2. The van der Waals surface area contributed by atoms with Crippen molar-refractivity contribution in [3.8, 4) is 17.2 Å². The Morgan fingerprint density at radius 3 is 2.79 bits per heavy atom. The number of hydrogen-bond acceptors (Lipinski definition) is 7. The molecule has 4 rings (SSSR count). The number of carbonyl (C=O) groups excluding carboxylic acids is 3. The summed E-state index contributed by atoms with van der Waals surface area (Å²) in [6.07, 6.45) is 2.02. The second-order valence-electron chi connectivity index (χ2n) is 7.32. The number of amides is 3. The lowest BCUT2D eigenvalue weighted by molar-refractivity contribution is -0.124. The summed E-state index contributed by atoms with van der Waals surface area (Å²) >= 11 is 0.829. The number of carbonyl (C=O) groups is 3. The van der Waals surface area contributed by atoms with Gasteiger partial charge in [-0.15, -0.1) is 0 Å². The highest BCUT2D eigenvalue weighted by molar-refractivity contribution is 8.18. The fraction of sp³-hybridized carbons (Fsp3) is 0.261. The highest BCUT2D eigenvalue weighted by Gasteiger charge is 2.34. The van der Waals surface area contributed by atoms with E-state index in [1.807, 2.05) is 0 Å². The van der Waals surface area contributed by atoms with Crippen molar-refractivity contribution in [3.05, 3.63) is 58.5 Å². The second-order valence-corrected chi connectivity index (χ2v) is 8.32. The number of imide groups is 1. The third kappa shape index (κ3) is 5.66. The summed E-state index contributed by atoms with van der Waals surface area (Å²) in [7, 11) is 0. The van der Waals surface area contributed by atoms with Crippen LogP contribution in [-0.2, 0) is 9.59 Å². The first-order chi connectivity index (χ1) is 16.4. The van der Waals surface area contributed by atoms with Gasteiger partial charge in [0.2, 0.25) is 12.7 Å². The van der Waals surface area contributed by atoms with Crippen LogP contribution in [0, 0.1) is 11.6 Å². The molecule has 2 aromatic rings. The Balaban J connectivity index is 1.19. The second kappa shape index (κ2) is 10.6. The molecule has 2 aromatic carbocycles. The van der Waals surface area contributed by atoms with Crippen molar-refractivity contribution in [2.45, 2.75) is 12.8 Å². The molecule has 2 aliphatic heterocycles. The minimum Gasteiger partial charge on any atom is -0.491 e. The van der Waals surface area contributed by atoms with Gasteiger partial charge in [0.15, 0.2) is 23.1 Å². The largest absolute Gasteiger partial charge is 0.491 e. The molecule has 2 heterocycles. The zero-order valence-corrected chi connectivity index (χ0v) is 18.7. The molecule has 11 heteroatoms. The minimum atomic E-state index is -0.811. The maximum absolute atomic E-state index is 13.5. The molecule has 0 saturated carbocycles.